The van der Waals surface area contributed by atoms with Gasteiger partial charge in [0.25, 0.3) is 0 Å². The van der Waals surface area contributed by atoms with Crippen molar-refractivity contribution >= 4 is 0 Å². The first-order valence-electron chi connectivity index (χ1n) is 7.80. The predicted octanol–water partition coefficient (Wildman–Crippen LogP) is 2.52. The van der Waals surface area contributed by atoms with E-state index in [1.165, 1.54) is 18.4 Å². The molecule has 1 saturated heterocycles. The summed E-state index contributed by atoms with van der Waals surface area (Å²) in [4.78, 5) is 0. The Labute approximate surface area is 121 Å². The molecule has 3 atom stereocenters. The molecule has 0 radical (unpaired) electrons. The second kappa shape index (κ2) is 5.74. The average molecular weight is 275 g/mol. The third-order valence-corrected chi connectivity index (χ3v) is 5.13. The minimum absolute atomic E-state index is 0.405. The quantitative estimate of drug-likeness (QED) is 0.890. The van der Waals surface area contributed by atoms with Gasteiger partial charge in [-0.2, -0.15) is 0 Å². The van der Waals surface area contributed by atoms with Crippen LogP contribution in [0.3, 0.4) is 0 Å². The Morgan fingerprint density at radius 2 is 2.05 bits per heavy atom. The molecule has 3 heteroatoms. The van der Waals surface area contributed by atoms with Crippen molar-refractivity contribution in [2.45, 2.75) is 50.2 Å². The number of ether oxygens (including phenoxy) is 1. The zero-order chi connectivity index (χ0) is 14.0. The van der Waals surface area contributed by atoms with Crippen molar-refractivity contribution in [3.63, 3.8) is 0 Å². The van der Waals surface area contributed by atoms with Crippen LogP contribution in [0.1, 0.15) is 37.7 Å². The molecule has 2 fully saturated rings. The van der Waals surface area contributed by atoms with Gasteiger partial charge in [-0.25, -0.2) is 0 Å². The summed E-state index contributed by atoms with van der Waals surface area (Å²) >= 11 is 0. The minimum Gasteiger partial charge on any atom is -0.497 e. The molecule has 2 N–H and O–H groups in total. The van der Waals surface area contributed by atoms with Gasteiger partial charge in [0, 0.05) is 12.0 Å². The topological polar surface area (TPSA) is 41.5 Å². The molecule has 1 aliphatic heterocycles. The van der Waals surface area contributed by atoms with Crippen LogP contribution in [0.5, 0.6) is 5.75 Å². The molecular weight excluding hydrogens is 250 g/mol. The summed E-state index contributed by atoms with van der Waals surface area (Å²) in [5.41, 5.74) is 0.902. The molecule has 0 amide bonds. The number of aliphatic hydroxyl groups is 1. The Morgan fingerprint density at radius 1 is 1.25 bits per heavy atom. The first kappa shape index (κ1) is 13.9. The first-order chi connectivity index (χ1) is 9.71. The highest BCUT2D eigenvalue weighted by Crippen LogP contribution is 2.41. The fourth-order valence-corrected chi connectivity index (χ4v) is 3.98. The fourth-order valence-electron chi connectivity index (χ4n) is 3.98. The van der Waals surface area contributed by atoms with Gasteiger partial charge < -0.3 is 15.2 Å². The molecule has 1 aromatic carbocycles. The lowest BCUT2D eigenvalue weighted by Crippen LogP contribution is -2.58. The molecule has 1 heterocycles. The third kappa shape index (κ3) is 2.70. The summed E-state index contributed by atoms with van der Waals surface area (Å²) in [7, 11) is 1.69. The number of hydrogen-bond acceptors (Lipinski definition) is 3. The monoisotopic (exact) mass is 275 g/mol. The summed E-state index contributed by atoms with van der Waals surface area (Å²) in [5, 5.41) is 14.5. The number of nitrogens with one attached hydrogen (secondary N) is 1. The molecule has 0 unspecified atom stereocenters. The molecular formula is C17H25NO2. The van der Waals surface area contributed by atoms with Crippen LogP contribution in [-0.4, -0.2) is 30.4 Å². The van der Waals surface area contributed by atoms with Crippen molar-refractivity contribution in [2.75, 3.05) is 13.7 Å². The molecule has 2 aliphatic rings. The smallest absolute Gasteiger partial charge is 0.118 e. The molecule has 0 aromatic heterocycles. The number of fused-ring (bicyclic) bond motifs is 1. The summed E-state index contributed by atoms with van der Waals surface area (Å²) in [6.45, 7) is 0.938. The van der Waals surface area contributed by atoms with E-state index < -0.39 is 5.60 Å². The van der Waals surface area contributed by atoms with Crippen LogP contribution in [0, 0.1) is 5.92 Å². The van der Waals surface area contributed by atoms with Crippen LogP contribution in [-0.2, 0) is 6.42 Å². The molecule has 0 spiro atoms. The van der Waals surface area contributed by atoms with Gasteiger partial charge in [-0.15, -0.1) is 0 Å². The van der Waals surface area contributed by atoms with E-state index in [1.807, 2.05) is 12.1 Å². The summed E-state index contributed by atoms with van der Waals surface area (Å²) in [6.07, 6.45) is 6.49. The van der Waals surface area contributed by atoms with Crippen molar-refractivity contribution in [3.05, 3.63) is 29.8 Å². The second-order valence-electron chi connectivity index (χ2n) is 6.32. The first-order valence-corrected chi connectivity index (χ1v) is 7.80. The second-order valence-corrected chi connectivity index (χ2v) is 6.32. The Kier molecular flexibility index (Phi) is 3.99. The van der Waals surface area contributed by atoms with E-state index in [4.69, 9.17) is 4.74 Å². The maximum atomic E-state index is 10.9. The maximum absolute atomic E-state index is 10.9. The Morgan fingerprint density at radius 3 is 2.80 bits per heavy atom. The van der Waals surface area contributed by atoms with Crippen LogP contribution in [0.15, 0.2) is 24.3 Å². The van der Waals surface area contributed by atoms with Crippen LogP contribution >= 0.6 is 0 Å². The lowest BCUT2D eigenvalue weighted by atomic mass is 9.67. The number of hydrogen-bond donors (Lipinski definition) is 2. The van der Waals surface area contributed by atoms with Crippen molar-refractivity contribution < 1.29 is 9.84 Å². The molecule has 1 saturated carbocycles. The normalized spacial score (nSPS) is 33.5. The van der Waals surface area contributed by atoms with Gasteiger partial charge in [0.15, 0.2) is 0 Å². The van der Waals surface area contributed by atoms with Gasteiger partial charge in [0.05, 0.1) is 12.7 Å². The zero-order valence-corrected chi connectivity index (χ0v) is 12.3. The maximum Gasteiger partial charge on any atom is 0.118 e. The van der Waals surface area contributed by atoms with Crippen LogP contribution in [0.25, 0.3) is 0 Å². The Balaban J connectivity index is 1.71. The van der Waals surface area contributed by atoms with Crippen LogP contribution < -0.4 is 10.1 Å². The van der Waals surface area contributed by atoms with Crippen molar-refractivity contribution in [2.24, 2.45) is 5.92 Å². The molecule has 3 rings (SSSR count). The van der Waals surface area contributed by atoms with Crippen molar-refractivity contribution in [3.8, 4) is 5.75 Å². The Hall–Kier alpha value is -1.06. The van der Waals surface area contributed by atoms with Gasteiger partial charge in [-0.3, -0.25) is 0 Å². The van der Waals surface area contributed by atoms with Gasteiger partial charge in [0.1, 0.15) is 5.75 Å². The fraction of sp³-hybridized carbons (Fsp3) is 0.647. The van der Waals surface area contributed by atoms with Crippen molar-refractivity contribution in [1.82, 2.24) is 5.32 Å². The number of benzene rings is 1. The van der Waals surface area contributed by atoms with Gasteiger partial charge in [0.2, 0.25) is 0 Å². The van der Waals surface area contributed by atoms with E-state index in [-0.39, 0.29) is 0 Å². The number of rotatable bonds is 3. The lowest BCUT2D eigenvalue weighted by molar-refractivity contribution is -0.0850. The highest BCUT2D eigenvalue weighted by molar-refractivity contribution is 5.28. The zero-order valence-electron chi connectivity index (χ0n) is 12.3. The molecule has 1 aromatic rings. The van der Waals surface area contributed by atoms with Crippen molar-refractivity contribution in [1.29, 1.82) is 0 Å². The van der Waals surface area contributed by atoms with Crippen LogP contribution in [0.4, 0.5) is 0 Å². The highest BCUT2D eigenvalue weighted by atomic mass is 16.5. The van der Waals surface area contributed by atoms with Gasteiger partial charge in [-0.1, -0.05) is 25.0 Å². The van der Waals surface area contributed by atoms with E-state index in [9.17, 15) is 5.11 Å². The SMILES string of the molecule is COc1ccc(C[C@H]2NCC[C@@]3(O)CCCC[C@H]23)cc1. The number of methoxy groups -OCH3 is 1. The summed E-state index contributed by atoms with van der Waals surface area (Å²) < 4.78 is 5.21. The van der Waals surface area contributed by atoms with E-state index >= 15 is 0 Å². The number of piperidine rings is 1. The minimum atomic E-state index is -0.416. The van der Waals surface area contributed by atoms with E-state index in [0.29, 0.717) is 12.0 Å². The summed E-state index contributed by atoms with van der Waals surface area (Å²) in [5.74, 6) is 1.31. The lowest BCUT2D eigenvalue weighted by Gasteiger charge is -2.48. The van der Waals surface area contributed by atoms with Gasteiger partial charge >= 0.3 is 0 Å². The highest BCUT2D eigenvalue weighted by Gasteiger charge is 2.45. The van der Waals surface area contributed by atoms with E-state index in [1.54, 1.807) is 7.11 Å². The Bertz CT molecular complexity index is 441. The van der Waals surface area contributed by atoms with Crippen LogP contribution in [0.2, 0.25) is 0 Å². The van der Waals surface area contributed by atoms with E-state index in [0.717, 1.165) is 38.0 Å². The largest absolute Gasteiger partial charge is 0.497 e. The molecule has 110 valence electrons. The molecule has 1 aliphatic carbocycles. The predicted molar refractivity (Wildman–Crippen MR) is 80.0 cm³/mol. The standard InChI is InChI=1S/C17H25NO2/c1-20-14-7-5-13(6-8-14)12-16-15-4-2-3-9-17(15,19)10-11-18-16/h5-8,15-16,18-19H,2-4,9-12H2,1H3/t15-,16-,17+/m1/s1. The average Bonchev–Trinajstić information content (AvgIpc) is 2.48. The van der Waals surface area contributed by atoms with Gasteiger partial charge in [-0.05, 0) is 49.9 Å². The third-order valence-electron chi connectivity index (χ3n) is 5.13. The molecule has 0 bridgehead atoms. The molecule has 3 nitrogen and oxygen atoms in total. The van der Waals surface area contributed by atoms with E-state index in [2.05, 4.69) is 17.4 Å². The molecule has 20 heavy (non-hydrogen) atoms. The summed E-state index contributed by atoms with van der Waals surface area (Å²) in [6, 6.07) is 8.72.